The van der Waals surface area contributed by atoms with E-state index in [2.05, 4.69) is 25.5 Å². The van der Waals surface area contributed by atoms with Crippen LogP contribution in [0.1, 0.15) is 72.5 Å². The van der Waals surface area contributed by atoms with Gasteiger partial charge in [0.1, 0.15) is 14.8 Å². The molecule has 2 amide bonds. The van der Waals surface area contributed by atoms with Gasteiger partial charge in [-0.15, -0.1) is 15.7 Å². The van der Waals surface area contributed by atoms with Gasteiger partial charge in [-0.3, -0.25) is 0 Å². The Kier molecular flexibility index (Phi) is 6.76. The number of fused-ring (bicyclic) bond motifs is 2. The predicted octanol–water partition coefficient (Wildman–Crippen LogP) is 5.67. The van der Waals surface area contributed by atoms with E-state index in [1.54, 1.807) is 13.8 Å². The minimum Gasteiger partial charge on any atom is -0.383 e. The van der Waals surface area contributed by atoms with Crippen molar-refractivity contribution in [2.75, 3.05) is 5.32 Å². The number of benzene rings is 2. The zero-order chi connectivity index (χ0) is 25.5. The van der Waals surface area contributed by atoms with Crippen LogP contribution in [0.25, 0.3) is 0 Å². The molecule has 190 valence electrons. The highest BCUT2D eigenvalue weighted by atomic mass is 32.2. The molecule has 2 aromatic carbocycles. The average Bonchev–Trinajstić information content (AvgIpc) is 3.59. The zero-order valence-corrected chi connectivity index (χ0v) is 22.5. The zero-order valence-electron chi connectivity index (χ0n) is 20.8. The number of rotatable bonds is 6. The second-order valence-electron chi connectivity index (χ2n) is 10.1. The third-order valence-corrected chi connectivity index (χ3v) is 10.6. The minimum absolute atomic E-state index is 0.307. The smallest absolute Gasteiger partial charge is 0.354 e. The van der Waals surface area contributed by atoms with Crippen molar-refractivity contribution in [2.45, 2.75) is 75.1 Å². The first kappa shape index (κ1) is 25.1. The van der Waals surface area contributed by atoms with Crippen LogP contribution in [0.3, 0.4) is 0 Å². The van der Waals surface area contributed by atoms with Gasteiger partial charge in [0.15, 0.2) is 9.92 Å². The van der Waals surface area contributed by atoms with Crippen molar-refractivity contribution in [3.05, 3.63) is 75.4 Å². The highest BCUT2D eigenvalue weighted by molar-refractivity contribution is 7.94. The summed E-state index contributed by atoms with van der Waals surface area (Å²) in [5.74, 6) is 0. The Labute approximate surface area is 216 Å². The van der Waals surface area contributed by atoms with Crippen molar-refractivity contribution in [3.8, 4) is 0 Å². The molecule has 1 heterocycles. The Balaban J connectivity index is 1.53. The fourth-order valence-electron chi connectivity index (χ4n) is 5.06. The number of aliphatic hydroxyl groups is 1. The first-order valence-corrected chi connectivity index (χ1v) is 14.7. The molecule has 2 aliphatic rings. The van der Waals surface area contributed by atoms with E-state index in [1.807, 2.05) is 37.3 Å². The molecule has 0 fully saturated rings. The third-order valence-electron chi connectivity index (χ3n) is 6.83. The van der Waals surface area contributed by atoms with E-state index in [9.17, 15) is 14.1 Å². The predicted molar refractivity (Wildman–Crippen MR) is 144 cm³/mol. The van der Waals surface area contributed by atoms with Crippen LogP contribution in [-0.4, -0.2) is 20.3 Å². The van der Waals surface area contributed by atoms with Crippen LogP contribution in [-0.2, 0) is 41.2 Å². The second-order valence-corrected chi connectivity index (χ2v) is 13.3. The standard InChI is InChI=1S/C27H32N4O3S2/c1-17(18-9-5-4-6-10-18)30-36(34,23-16-28-25(35-23)27(2,3)33)31-26(32)29-24-21-13-7-11-19(21)15-20-12-8-14-22(20)24/h4-6,9-10,15-17,33H,7-8,11-14H2,1-3H3,(H2,29,30,31,32,34)/t17-,36-/m0/s1. The quantitative estimate of drug-likeness (QED) is 0.386. The lowest BCUT2D eigenvalue weighted by atomic mass is 9.99. The molecule has 5 rings (SSSR count). The molecule has 3 N–H and O–H groups in total. The number of amides is 2. The molecule has 0 saturated carbocycles. The van der Waals surface area contributed by atoms with Crippen LogP contribution in [0.2, 0.25) is 0 Å². The van der Waals surface area contributed by atoms with Crippen molar-refractivity contribution < 1.29 is 14.1 Å². The van der Waals surface area contributed by atoms with Crippen LogP contribution in [0, 0.1) is 0 Å². The SMILES string of the molecule is C[C@H](N[S@](=O)(=NC(=O)Nc1c2c(cc3c1CCC3)CCC2)c1cnc(C(C)(C)O)s1)c1ccccc1. The summed E-state index contributed by atoms with van der Waals surface area (Å²) < 4.78 is 22.0. The molecule has 0 saturated heterocycles. The second kappa shape index (κ2) is 9.70. The highest BCUT2D eigenvalue weighted by Gasteiger charge is 2.28. The number of urea groups is 1. The van der Waals surface area contributed by atoms with E-state index in [0.717, 1.165) is 61.1 Å². The summed E-state index contributed by atoms with van der Waals surface area (Å²) in [6, 6.07) is 10.9. The Morgan fingerprint density at radius 2 is 1.75 bits per heavy atom. The third kappa shape index (κ3) is 4.98. The van der Waals surface area contributed by atoms with Crippen molar-refractivity contribution in [2.24, 2.45) is 4.36 Å². The Morgan fingerprint density at radius 1 is 1.11 bits per heavy atom. The van der Waals surface area contributed by atoms with Gasteiger partial charge < -0.3 is 10.4 Å². The number of carbonyl (C=O) groups excluding carboxylic acids is 1. The van der Waals surface area contributed by atoms with Crippen LogP contribution >= 0.6 is 11.3 Å². The summed E-state index contributed by atoms with van der Waals surface area (Å²) in [4.78, 5) is 17.6. The molecule has 7 nitrogen and oxygen atoms in total. The van der Waals surface area contributed by atoms with Crippen LogP contribution in [0.4, 0.5) is 10.5 Å². The maximum Gasteiger partial charge on any atom is 0.354 e. The van der Waals surface area contributed by atoms with Gasteiger partial charge in [-0.2, -0.15) is 0 Å². The molecular formula is C27H32N4O3S2. The van der Waals surface area contributed by atoms with Crippen molar-refractivity contribution >= 4 is 33.0 Å². The van der Waals surface area contributed by atoms with Crippen LogP contribution < -0.4 is 10.0 Å². The molecular weight excluding hydrogens is 492 g/mol. The van der Waals surface area contributed by atoms with Gasteiger partial charge in [-0.1, -0.05) is 36.4 Å². The lowest BCUT2D eigenvalue weighted by Gasteiger charge is -2.18. The average molecular weight is 525 g/mol. The molecule has 36 heavy (non-hydrogen) atoms. The van der Waals surface area contributed by atoms with Crippen LogP contribution in [0.15, 0.2) is 51.2 Å². The van der Waals surface area contributed by atoms with Crippen molar-refractivity contribution in [3.63, 3.8) is 0 Å². The van der Waals surface area contributed by atoms with Gasteiger partial charge >= 0.3 is 6.03 Å². The fourth-order valence-corrected chi connectivity index (χ4v) is 8.01. The van der Waals surface area contributed by atoms with E-state index >= 15 is 0 Å². The minimum atomic E-state index is -3.39. The maximum atomic E-state index is 14.3. The van der Waals surface area contributed by atoms with Crippen LogP contribution in [0.5, 0.6) is 0 Å². The Morgan fingerprint density at radius 3 is 2.33 bits per heavy atom. The first-order chi connectivity index (χ1) is 17.1. The molecule has 2 aliphatic carbocycles. The Hall–Kier alpha value is -2.59. The van der Waals surface area contributed by atoms with Crippen molar-refractivity contribution in [1.29, 1.82) is 0 Å². The maximum absolute atomic E-state index is 14.3. The van der Waals surface area contributed by atoms with Gasteiger partial charge in [-0.25, -0.2) is 18.7 Å². The van der Waals surface area contributed by atoms with Gasteiger partial charge in [-0.05, 0) is 87.1 Å². The number of carbonyl (C=O) groups is 1. The number of aryl methyl sites for hydroxylation is 2. The number of anilines is 1. The molecule has 9 heteroatoms. The summed E-state index contributed by atoms with van der Waals surface area (Å²) in [6.45, 7) is 5.13. The van der Waals surface area contributed by atoms with E-state index in [4.69, 9.17) is 0 Å². The normalized spacial score (nSPS) is 17.2. The number of nitrogens with one attached hydrogen (secondary N) is 2. The van der Waals surface area contributed by atoms with Gasteiger partial charge in [0.25, 0.3) is 0 Å². The summed E-state index contributed by atoms with van der Waals surface area (Å²) in [6.07, 6.45) is 7.50. The monoisotopic (exact) mass is 524 g/mol. The molecule has 2 atom stereocenters. The summed E-state index contributed by atoms with van der Waals surface area (Å²) in [5, 5.41) is 13.8. The summed E-state index contributed by atoms with van der Waals surface area (Å²) >= 11 is 1.10. The topological polar surface area (TPSA) is 104 Å². The van der Waals surface area contributed by atoms with E-state index in [0.29, 0.717) is 9.22 Å². The van der Waals surface area contributed by atoms with E-state index < -0.39 is 21.5 Å². The largest absolute Gasteiger partial charge is 0.383 e. The molecule has 3 aromatic rings. The molecule has 0 spiro atoms. The number of hydrogen-bond acceptors (Lipinski definition) is 5. The molecule has 0 aliphatic heterocycles. The number of thiazole rings is 1. The van der Waals surface area contributed by atoms with Gasteiger partial charge in [0, 0.05) is 11.7 Å². The summed E-state index contributed by atoms with van der Waals surface area (Å²) in [5.41, 5.74) is 5.59. The lowest BCUT2D eigenvalue weighted by molar-refractivity contribution is 0.0783. The highest BCUT2D eigenvalue weighted by Crippen LogP contribution is 2.39. The van der Waals surface area contributed by atoms with Crippen molar-refractivity contribution in [1.82, 2.24) is 9.71 Å². The van der Waals surface area contributed by atoms with Gasteiger partial charge in [0.2, 0.25) is 0 Å². The first-order valence-electron chi connectivity index (χ1n) is 12.4. The number of aromatic nitrogens is 1. The lowest BCUT2D eigenvalue weighted by Crippen LogP contribution is -2.28. The summed E-state index contributed by atoms with van der Waals surface area (Å²) in [7, 11) is -3.39. The van der Waals surface area contributed by atoms with Gasteiger partial charge in [0.05, 0.1) is 6.20 Å². The van der Waals surface area contributed by atoms with E-state index in [1.165, 1.54) is 28.5 Å². The number of nitrogens with zero attached hydrogens (tertiary/aromatic N) is 2. The Bertz CT molecular complexity index is 1380. The fraction of sp³-hybridized carbons (Fsp3) is 0.407. The molecule has 0 unspecified atom stereocenters. The van der Waals surface area contributed by atoms with E-state index in [-0.39, 0.29) is 6.04 Å². The molecule has 0 bridgehead atoms. The number of hydrogen-bond donors (Lipinski definition) is 3. The molecule has 0 radical (unpaired) electrons. The molecule has 1 aromatic heterocycles.